The SMILES string of the molecule is CCCCCC(C)(CC)C(=O)[C@@H](c1ccccc1)N(CC)C1CC1. The van der Waals surface area contributed by atoms with Gasteiger partial charge in [0.2, 0.25) is 0 Å². The average molecular weight is 330 g/mol. The molecule has 0 saturated heterocycles. The van der Waals surface area contributed by atoms with Gasteiger partial charge < -0.3 is 0 Å². The van der Waals surface area contributed by atoms with Gasteiger partial charge in [-0.2, -0.15) is 0 Å². The molecule has 1 aliphatic rings. The maximum absolute atomic E-state index is 13.7. The molecular weight excluding hydrogens is 294 g/mol. The topological polar surface area (TPSA) is 20.3 Å². The Balaban J connectivity index is 2.29. The fourth-order valence-electron chi connectivity index (χ4n) is 3.76. The number of hydrogen-bond acceptors (Lipinski definition) is 2. The zero-order valence-corrected chi connectivity index (χ0v) is 16.1. The molecule has 0 aromatic heterocycles. The van der Waals surface area contributed by atoms with E-state index in [1.54, 1.807) is 0 Å². The monoisotopic (exact) mass is 329 g/mol. The minimum Gasteiger partial charge on any atom is -0.297 e. The Labute approximate surface area is 148 Å². The number of hydrogen-bond donors (Lipinski definition) is 0. The quantitative estimate of drug-likeness (QED) is 0.480. The van der Waals surface area contributed by atoms with Crippen molar-refractivity contribution in [3.05, 3.63) is 35.9 Å². The lowest BCUT2D eigenvalue weighted by atomic mass is 9.74. The van der Waals surface area contributed by atoms with E-state index in [1.165, 1.54) is 31.2 Å². The largest absolute Gasteiger partial charge is 0.297 e. The molecule has 24 heavy (non-hydrogen) atoms. The molecular formula is C22H35NO. The Kier molecular flexibility index (Phi) is 7.03. The zero-order chi connectivity index (χ0) is 17.6. The number of carbonyl (C=O) groups is 1. The summed E-state index contributed by atoms with van der Waals surface area (Å²) in [7, 11) is 0. The van der Waals surface area contributed by atoms with E-state index < -0.39 is 0 Å². The second-order valence-electron chi connectivity index (χ2n) is 7.61. The van der Waals surface area contributed by atoms with Crippen molar-refractivity contribution < 1.29 is 4.79 Å². The van der Waals surface area contributed by atoms with Crippen LogP contribution in [-0.4, -0.2) is 23.3 Å². The molecule has 0 heterocycles. The Bertz CT molecular complexity index is 508. The summed E-state index contributed by atoms with van der Waals surface area (Å²) >= 11 is 0. The molecule has 1 unspecified atom stereocenters. The lowest BCUT2D eigenvalue weighted by Crippen LogP contribution is -2.42. The van der Waals surface area contributed by atoms with Crippen LogP contribution in [0.1, 0.15) is 84.2 Å². The number of unbranched alkanes of at least 4 members (excludes halogenated alkanes) is 2. The van der Waals surface area contributed by atoms with Gasteiger partial charge in [0.05, 0.1) is 6.04 Å². The molecule has 1 aliphatic carbocycles. The van der Waals surface area contributed by atoms with Crippen LogP contribution in [-0.2, 0) is 4.79 Å². The summed E-state index contributed by atoms with van der Waals surface area (Å²) in [5.74, 6) is 0.432. The average Bonchev–Trinajstić information content (AvgIpc) is 3.44. The van der Waals surface area contributed by atoms with E-state index >= 15 is 0 Å². The van der Waals surface area contributed by atoms with E-state index in [0.29, 0.717) is 11.8 Å². The maximum Gasteiger partial charge on any atom is 0.160 e. The third kappa shape index (κ3) is 4.47. The molecule has 1 fully saturated rings. The van der Waals surface area contributed by atoms with Gasteiger partial charge in [-0.15, -0.1) is 0 Å². The van der Waals surface area contributed by atoms with Crippen LogP contribution in [0.2, 0.25) is 0 Å². The second-order valence-corrected chi connectivity index (χ2v) is 7.61. The molecule has 1 aromatic carbocycles. The molecule has 134 valence electrons. The van der Waals surface area contributed by atoms with E-state index in [9.17, 15) is 4.79 Å². The van der Waals surface area contributed by atoms with Crippen molar-refractivity contribution in [3.8, 4) is 0 Å². The van der Waals surface area contributed by atoms with Gasteiger partial charge in [-0.05, 0) is 37.8 Å². The van der Waals surface area contributed by atoms with Crippen LogP contribution in [0, 0.1) is 5.41 Å². The van der Waals surface area contributed by atoms with E-state index in [0.717, 1.165) is 25.8 Å². The number of carbonyl (C=O) groups excluding carboxylic acids is 1. The third-order valence-electron chi connectivity index (χ3n) is 5.78. The summed E-state index contributed by atoms with van der Waals surface area (Å²) in [4.78, 5) is 16.1. The fraction of sp³-hybridized carbons (Fsp3) is 0.682. The number of rotatable bonds is 11. The van der Waals surface area contributed by atoms with Gasteiger partial charge in [0.15, 0.2) is 5.78 Å². The fourth-order valence-corrected chi connectivity index (χ4v) is 3.76. The van der Waals surface area contributed by atoms with Gasteiger partial charge >= 0.3 is 0 Å². The van der Waals surface area contributed by atoms with Crippen LogP contribution in [0.5, 0.6) is 0 Å². The lowest BCUT2D eigenvalue weighted by Gasteiger charge is -2.37. The Morgan fingerprint density at radius 1 is 1.17 bits per heavy atom. The standard InChI is InChI=1S/C22H35NO/c1-5-8-12-17-22(4,6-2)21(24)20(18-13-10-9-11-14-18)23(7-3)19-15-16-19/h9-11,13-14,19-20H,5-8,12,15-17H2,1-4H3/t20-,22?/m1/s1. The predicted molar refractivity (Wildman–Crippen MR) is 102 cm³/mol. The van der Waals surface area contributed by atoms with E-state index in [1.807, 2.05) is 6.07 Å². The van der Waals surface area contributed by atoms with E-state index in [4.69, 9.17) is 0 Å². The summed E-state index contributed by atoms with van der Waals surface area (Å²) in [5, 5.41) is 0. The van der Waals surface area contributed by atoms with Crippen molar-refractivity contribution in [2.75, 3.05) is 6.54 Å². The number of Topliss-reactive ketones (excluding diaryl/α,β-unsaturated/α-hetero) is 1. The second kappa shape index (κ2) is 8.80. The molecule has 0 radical (unpaired) electrons. The Morgan fingerprint density at radius 2 is 1.83 bits per heavy atom. The highest BCUT2D eigenvalue weighted by Gasteiger charge is 2.43. The Morgan fingerprint density at radius 3 is 2.33 bits per heavy atom. The first-order valence-electron chi connectivity index (χ1n) is 9.92. The van der Waals surface area contributed by atoms with Crippen molar-refractivity contribution in [2.24, 2.45) is 5.41 Å². The number of benzene rings is 1. The molecule has 2 heteroatoms. The number of likely N-dealkylation sites (N-methyl/N-ethyl adjacent to an activating group) is 1. The summed E-state index contributed by atoms with van der Waals surface area (Å²) in [6.45, 7) is 9.75. The van der Waals surface area contributed by atoms with Crippen LogP contribution in [0.4, 0.5) is 0 Å². The predicted octanol–water partition coefficient (Wildman–Crippen LogP) is 5.78. The van der Waals surface area contributed by atoms with Crippen molar-refractivity contribution in [2.45, 2.75) is 84.7 Å². The summed E-state index contributed by atoms with van der Waals surface area (Å²) < 4.78 is 0. The van der Waals surface area contributed by atoms with E-state index in [-0.39, 0.29) is 11.5 Å². The molecule has 0 aliphatic heterocycles. The molecule has 0 spiro atoms. The highest BCUT2D eigenvalue weighted by molar-refractivity contribution is 5.90. The highest BCUT2D eigenvalue weighted by Crippen LogP contribution is 2.41. The van der Waals surface area contributed by atoms with Crippen LogP contribution < -0.4 is 0 Å². The maximum atomic E-state index is 13.7. The summed E-state index contributed by atoms with van der Waals surface area (Å²) in [5.41, 5.74) is 0.962. The third-order valence-corrected chi connectivity index (χ3v) is 5.78. The van der Waals surface area contributed by atoms with Crippen molar-refractivity contribution >= 4 is 5.78 Å². The first kappa shape index (κ1) is 19.2. The van der Waals surface area contributed by atoms with Crippen LogP contribution >= 0.6 is 0 Å². The van der Waals surface area contributed by atoms with Gasteiger partial charge in [-0.3, -0.25) is 9.69 Å². The van der Waals surface area contributed by atoms with Crippen molar-refractivity contribution in [3.63, 3.8) is 0 Å². The van der Waals surface area contributed by atoms with Crippen LogP contribution in [0.25, 0.3) is 0 Å². The molecule has 1 aromatic rings. The Hall–Kier alpha value is -1.15. The minimum atomic E-state index is -0.210. The number of nitrogens with zero attached hydrogens (tertiary/aromatic N) is 1. The molecule has 2 atom stereocenters. The van der Waals surface area contributed by atoms with Gasteiger partial charge in [0.25, 0.3) is 0 Å². The summed E-state index contributed by atoms with van der Waals surface area (Å²) in [6, 6.07) is 11.0. The van der Waals surface area contributed by atoms with Gasteiger partial charge in [0, 0.05) is 11.5 Å². The van der Waals surface area contributed by atoms with Crippen molar-refractivity contribution in [1.82, 2.24) is 4.90 Å². The van der Waals surface area contributed by atoms with Crippen LogP contribution in [0.3, 0.4) is 0 Å². The normalized spacial score (nSPS) is 18.4. The lowest BCUT2D eigenvalue weighted by molar-refractivity contribution is -0.134. The first-order chi connectivity index (χ1) is 11.6. The summed E-state index contributed by atoms with van der Waals surface area (Å²) in [6.07, 6.45) is 8.01. The molecule has 0 amide bonds. The molecule has 2 nitrogen and oxygen atoms in total. The van der Waals surface area contributed by atoms with Gasteiger partial charge in [-0.1, -0.05) is 77.3 Å². The highest BCUT2D eigenvalue weighted by atomic mass is 16.1. The van der Waals surface area contributed by atoms with Crippen molar-refractivity contribution in [1.29, 1.82) is 0 Å². The molecule has 0 N–H and O–H groups in total. The molecule has 1 saturated carbocycles. The van der Waals surface area contributed by atoms with Gasteiger partial charge in [-0.25, -0.2) is 0 Å². The molecule has 0 bridgehead atoms. The van der Waals surface area contributed by atoms with E-state index in [2.05, 4.69) is 56.9 Å². The van der Waals surface area contributed by atoms with Gasteiger partial charge in [0.1, 0.15) is 0 Å². The minimum absolute atomic E-state index is 0.0738. The molecule has 2 rings (SSSR count). The first-order valence-corrected chi connectivity index (χ1v) is 9.92. The smallest absolute Gasteiger partial charge is 0.160 e. The number of ketones is 1. The zero-order valence-electron chi connectivity index (χ0n) is 16.1. The van der Waals surface area contributed by atoms with Crippen LogP contribution in [0.15, 0.2) is 30.3 Å².